The van der Waals surface area contributed by atoms with Gasteiger partial charge in [-0.15, -0.1) is 0 Å². The van der Waals surface area contributed by atoms with Gasteiger partial charge in [-0.05, 0) is 35.9 Å². The van der Waals surface area contributed by atoms with Crippen molar-refractivity contribution >= 4 is 11.4 Å². The van der Waals surface area contributed by atoms with Gasteiger partial charge in [-0.2, -0.15) is 0 Å². The van der Waals surface area contributed by atoms with Crippen molar-refractivity contribution in [3.8, 4) is 0 Å². The van der Waals surface area contributed by atoms with Crippen LogP contribution in [-0.4, -0.2) is 22.9 Å². The van der Waals surface area contributed by atoms with Gasteiger partial charge in [-0.1, -0.05) is 26.8 Å². The van der Waals surface area contributed by atoms with Gasteiger partial charge in [0.05, 0.1) is 4.92 Å². The molecule has 1 saturated heterocycles. The molecule has 0 radical (unpaired) electrons. The summed E-state index contributed by atoms with van der Waals surface area (Å²) in [6, 6.07) is 5.18. The van der Waals surface area contributed by atoms with Crippen LogP contribution < -0.4 is 11.3 Å². The number of likely N-dealkylation sites (tertiary alicyclic amines) is 1. The van der Waals surface area contributed by atoms with Crippen molar-refractivity contribution in [2.45, 2.75) is 33.7 Å². The van der Waals surface area contributed by atoms with E-state index in [1.807, 2.05) is 6.07 Å². The fraction of sp³-hybridized carbons (Fsp3) is 0.600. The van der Waals surface area contributed by atoms with Gasteiger partial charge < -0.3 is 5.43 Å². The number of nitrogens with one attached hydrogen (secondary N) is 1. The molecule has 1 atom stereocenters. The molecule has 6 heteroatoms. The molecule has 1 aliphatic heterocycles. The lowest BCUT2D eigenvalue weighted by atomic mass is 9.80. The van der Waals surface area contributed by atoms with Crippen molar-refractivity contribution < 1.29 is 4.92 Å². The zero-order chi connectivity index (χ0) is 15.6. The molecular formula is C15H24N4O2. The van der Waals surface area contributed by atoms with Gasteiger partial charge in [-0.3, -0.25) is 20.9 Å². The minimum Gasteiger partial charge on any atom is -0.318 e. The molecule has 1 fully saturated rings. The van der Waals surface area contributed by atoms with Gasteiger partial charge in [0.15, 0.2) is 0 Å². The van der Waals surface area contributed by atoms with E-state index in [1.165, 1.54) is 6.42 Å². The number of nitrogens with two attached hydrogens (primary N) is 1. The Morgan fingerprint density at radius 1 is 1.48 bits per heavy atom. The van der Waals surface area contributed by atoms with Crippen LogP contribution in [0.5, 0.6) is 0 Å². The van der Waals surface area contributed by atoms with E-state index in [4.69, 9.17) is 5.84 Å². The SMILES string of the molecule is CC(C)(C)C1CCN(Cc2ccc(NN)c([N+](=O)[O-])c2)C1. The lowest BCUT2D eigenvalue weighted by Crippen LogP contribution is -2.25. The number of hydrogen-bond acceptors (Lipinski definition) is 5. The van der Waals surface area contributed by atoms with Gasteiger partial charge in [-0.25, -0.2) is 0 Å². The van der Waals surface area contributed by atoms with E-state index in [-0.39, 0.29) is 5.69 Å². The quantitative estimate of drug-likeness (QED) is 0.506. The number of nitrogen functional groups attached to an aromatic ring is 1. The minimum absolute atomic E-state index is 0.0292. The summed E-state index contributed by atoms with van der Waals surface area (Å²) in [7, 11) is 0. The predicted octanol–water partition coefficient (Wildman–Crippen LogP) is 2.75. The molecule has 0 bridgehead atoms. The van der Waals surface area contributed by atoms with Crippen LogP contribution in [0.15, 0.2) is 18.2 Å². The molecule has 1 unspecified atom stereocenters. The van der Waals surface area contributed by atoms with Crippen molar-refractivity contribution in [2.24, 2.45) is 17.2 Å². The van der Waals surface area contributed by atoms with E-state index >= 15 is 0 Å². The number of rotatable bonds is 4. The van der Waals surface area contributed by atoms with Crippen molar-refractivity contribution in [1.82, 2.24) is 4.90 Å². The molecule has 116 valence electrons. The second kappa shape index (κ2) is 5.99. The molecule has 0 spiro atoms. The zero-order valence-electron chi connectivity index (χ0n) is 12.9. The van der Waals surface area contributed by atoms with Crippen LogP contribution >= 0.6 is 0 Å². The summed E-state index contributed by atoms with van der Waals surface area (Å²) in [6.07, 6.45) is 1.19. The first kappa shape index (κ1) is 15.7. The summed E-state index contributed by atoms with van der Waals surface area (Å²) in [4.78, 5) is 13.0. The van der Waals surface area contributed by atoms with Crippen LogP contribution in [0.4, 0.5) is 11.4 Å². The Morgan fingerprint density at radius 3 is 2.71 bits per heavy atom. The Bertz CT molecular complexity index is 525. The van der Waals surface area contributed by atoms with Crippen LogP contribution in [0.3, 0.4) is 0 Å². The van der Waals surface area contributed by atoms with Gasteiger partial charge in [0, 0.05) is 19.2 Å². The van der Waals surface area contributed by atoms with Crippen molar-refractivity contribution in [2.75, 3.05) is 18.5 Å². The Hall–Kier alpha value is -1.66. The number of nitro benzene ring substituents is 1. The fourth-order valence-electron chi connectivity index (χ4n) is 2.89. The number of hydrogen-bond donors (Lipinski definition) is 2. The highest BCUT2D eigenvalue weighted by molar-refractivity contribution is 5.61. The summed E-state index contributed by atoms with van der Waals surface area (Å²) in [6.45, 7) is 9.66. The molecular weight excluding hydrogens is 268 g/mol. The molecule has 1 aromatic rings. The number of anilines is 1. The van der Waals surface area contributed by atoms with Crippen LogP contribution in [0, 0.1) is 21.4 Å². The maximum Gasteiger partial charge on any atom is 0.293 e. The standard InChI is InChI=1S/C15H24N4O2/c1-15(2,3)12-6-7-18(10-12)9-11-4-5-13(17-16)14(8-11)19(20)21/h4-5,8,12,17H,6-7,9-10,16H2,1-3H3. The highest BCUT2D eigenvalue weighted by atomic mass is 16.6. The molecule has 0 saturated carbocycles. The topological polar surface area (TPSA) is 84.4 Å². The highest BCUT2D eigenvalue weighted by Gasteiger charge is 2.31. The van der Waals surface area contributed by atoms with E-state index in [9.17, 15) is 10.1 Å². The third kappa shape index (κ3) is 3.71. The van der Waals surface area contributed by atoms with Crippen LogP contribution in [-0.2, 0) is 6.54 Å². The second-order valence-corrected chi connectivity index (χ2v) is 6.84. The predicted molar refractivity (Wildman–Crippen MR) is 83.7 cm³/mol. The maximum atomic E-state index is 11.1. The Morgan fingerprint density at radius 2 is 2.19 bits per heavy atom. The normalized spacial score (nSPS) is 19.7. The summed E-state index contributed by atoms with van der Waals surface area (Å²) in [5.41, 5.74) is 4.01. The Labute approximate surface area is 125 Å². The Kier molecular flexibility index (Phi) is 4.49. The number of benzene rings is 1. The Balaban J connectivity index is 2.08. The van der Waals surface area contributed by atoms with Crippen LogP contribution in [0.2, 0.25) is 0 Å². The molecule has 1 heterocycles. The summed E-state index contributed by atoms with van der Waals surface area (Å²) >= 11 is 0. The summed E-state index contributed by atoms with van der Waals surface area (Å²) < 4.78 is 0. The fourth-order valence-corrected chi connectivity index (χ4v) is 2.89. The van der Waals surface area contributed by atoms with Crippen molar-refractivity contribution in [1.29, 1.82) is 0 Å². The summed E-state index contributed by atoms with van der Waals surface area (Å²) in [5.74, 6) is 5.98. The van der Waals surface area contributed by atoms with Gasteiger partial charge in [0.2, 0.25) is 0 Å². The van der Waals surface area contributed by atoms with Gasteiger partial charge >= 0.3 is 0 Å². The number of nitro groups is 1. The van der Waals surface area contributed by atoms with E-state index in [0.29, 0.717) is 17.0 Å². The van der Waals surface area contributed by atoms with Crippen molar-refractivity contribution in [3.63, 3.8) is 0 Å². The maximum absolute atomic E-state index is 11.1. The molecule has 3 N–H and O–H groups in total. The highest BCUT2D eigenvalue weighted by Crippen LogP contribution is 2.34. The third-order valence-corrected chi connectivity index (χ3v) is 4.32. The molecule has 0 amide bonds. The first-order valence-electron chi connectivity index (χ1n) is 7.27. The van der Waals surface area contributed by atoms with Crippen LogP contribution in [0.25, 0.3) is 0 Å². The van der Waals surface area contributed by atoms with Gasteiger partial charge in [0.1, 0.15) is 5.69 Å². The third-order valence-electron chi connectivity index (χ3n) is 4.32. The average Bonchev–Trinajstić information content (AvgIpc) is 2.87. The molecule has 2 rings (SSSR count). The minimum atomic E-state index is -0.402. The van der Waals surface area contributed by atoms with E-state index in [1.54, 1.807) is 12.1 Å². The molecule has 1 aliphatic rings. The smallest absolute Gasteiger partial charge is 0.293 e. The summed E-state index contributed by atoms with van der Waals surface area (Å²) in [5, 5.41) is 11.1. The van der Waals surface area contributed by atoms with Gasteiger partial charge in [0.25, 0.3) is 5.69 Å². The second-order valence-electron chi connectivity index (χ2n) is 6.84. The zero-order valence-corrected chi connectivity index (χ0v) is 12.9. The van der Waals surface area contributed by atoms with E-state index < -0.39 is 4.92 Å². The number of nitrogens with zero attached hydrogens (tertiary/aromatic N) is 2. The molecule has 1 aromatic carbocycles. The van der Waals surface area contributed by atoms with Crippen molar-refractivity contribution in [3.05, 3.63) is 33.9 Å². The van der Waals surface area contributed by atoms with Crippen LogP contribution in [0.1, 0.15) is 32.8 Å². The number of hydrazine groups is 1. The molecule has 0 aliphatic carbocycles. The first-order valence-corrected chi connectivity index (χ1v) is 7.27. The lowest BCUT2D eigenvalue weighted by Gasteiger charge is -2.27. The molecule has 0 aromatic heterocycles. The largest absolute Gasteiger partial charge is 0.318 e. The lowest BCUT2D eigenvalue weighted by molar-refractivity contribution is -0.384. The average molecular weight is 292 g/mol. The first-order chi connectivity index (χ1) is 9.81. The van der Waals surface area contributed by atoms with E-state index in [0.717, 1.165) is 25.2 Å². The molecule has 6 nitrogen and oxygen atoms in total. The monoisotopic (exact) mass is 292 g/mol. The van der Waals surface area contributed by atoms with E-state index in [2.05, 4.69) is 31.1 Å². The molecule has 21 heavy (non-hydrogen) atoms.